The van der Waals surface area contributed by atoms with Gasteiger partial charge in [0.1, 0.15) is 0 Å². The average molecular weight is 221 g/mol. The molecule has 1 heterocycles. The van der Waals surface area contributed by atoms with Crippen molar-refractivity contribution in [2.45, 2.75) is 46.3 Å². The second-order valence-electron chi connectivity index (χ2n) is 4.65. The average Bonchev–Trinajstić information content (AvgIpc) is 2.25. The molecule has 1 atom stereocenters. The highest BCUT2D eigenvalue weighted by molar-refractivity contribution is 5.12. The van der Waals surface area contributed by atoms with Crippen molar-refractivity contribution in [1.82, 2.24) is 15.6 Å². The molecule has 0 aromatic carbocycles. The van der Waals surface area contributed by atoms with Gasteiger partial charge in [0.2, 0.25) is 0 Å². The van der Waals surface area contributed by atoms with Gasteiger partial charge < -0.3 is 10.6 Å². The van der Waals surface area contributed by atoms with Crippen LogP contribution >= 0.6 is 0 Å². The number of hydrogen-bond acceptors (Lipinski definition) is 3. The predicted molar refractivity (Wildman–Crippen MR) is 68.4 cm³/mol. The number of aromatic nitrogens is 1. The second kappa shape index (κ2) is 6.61. The van der Waals surface area contributed by atoms with E-state index in [1.807, 2.05) is 19.2 Å². The standard InChI is InChI=1S/C13H23N3/c1-10(2)14-7-12(4)16-9-13-6-5-11(3)15-8-13/h5-6,8,10,12,14,16H,7,9H2,1-4H3. The normalized spacial score (nSPS) is 13.1. The lowest BCUT2D eigenvalue weighted by Crippen LogP contribution is -2.38. The fraction of sp³-hybridized carbons (Fsp3) is 0.615. The molecule has 0 radical (unpaired) electrons. The number of pyridine rings is 1. The zero-order valence-electron chi connectivity index (χ0n) is 10.7. The molecule has 0 aliphatic carbocycles. The van der Waals surface area contributed by atoms with Gasteiger partial charge in [-0.1, -0.05) is 19.9 Å². The van der Waals surface area contributed by atoms with E-state index in [2.05, 4.69) is 42.5 Å². The van der Waals surface area contributed by atoms with Gasteiger partial charge in [-0.2, -0.15) is 0 Å². The molecule has 1 rings (SSSR count). The molecular formula is C13H23N3. The Hall–Kier alpha value is -0.930. The van der Waals surface area contributed by atoms with Crippen LogP contribution in [0, 0.1) is 6.92 Å². The first-order valence-corrected chi connectivity index (χ1v) is 5.96. The Morgan fingerprint density at radius 1 is 1.19 bits per heavy atom. The summed E-state index contributed by atoms with van der Waals surface area (Å²) in [5, 5.41) is 6.88. The smallest absolute Gasteiger partial charge is 0.0372 e. The molecule has 0 aliphatic rings. The van der Waals surface area contributed by atoms with Crippen molar-refractivity contribution in [2.24, 2.45) is 0 Å². The highest BCUT2D eigenvalue weighted by Crippen LogP contribution is 1.99. The van der Waals surface area contributed by atoms with Crippen molar-refractivity contribution in [2.75, 3.05) is 6.54 Å². The van der Waals surface area contributed by atoms with Crippen LogP contribution in [0.2, 0.25) is 0 Å². The summed E-state index contributed by atoms with van der Waals surface area (Å²) in [5.41, 5.74) is 2.31. The molecule has 0 saturated heterocycles. The summed E-state index contributed by atoms with van der Waals surface area (Å²) >= 11 is 0. The Balaban J connectivity index is 2.26. The first-order chi connectivity index (χ1) is 7.58. The molecule has 1 unspecified atom stereocenters. The summed E-state index contributed by atoms with van der Waals surface area (Å²) in [6.07, 6.45) is 1.94. The van der Waals surface area contributed by atoms with Crippen LogP contribution in [0.25, 0.3) is 0 Å². The highest BCUT2D eigenvalue weighted by atomic mass is 15.0. The third kappa shape index (κ3) is 5.24. The first-order valence-electron chi connectivity index (χ1n) is 5.96. The Kier molecular flexibility index (Phi) is 5.43. The summed E-state index contributed by atoms with van der Waals surface area (Å²) in [6.45, 7) is 10.4. The van der Waals surface area contributed by atoms with Crippen molar-refractivity contribution in [3.8, 4) is 0 Å². The van der Waals surface area contributed by atoms with Crippen LogP contribution in [-0.2, 0) is 6.54 Å². The molecule has 1 aromatic rings. The molecule has 90 valence electrons. The second-order valence-corrected chi connectivity index (χ2v) is 4.65. The van der Waals surface area contributed by atoms with Gasteiger partial charge in [0.25, 0.3) is 0 Å². The molecule has 0 bridgehead atoms. The van der Waals surface area contributed by atoms with Gasteiger partial charge >= 0.3 is 0 Å². The zero-order valence-corrected chi connectivity index (χ0v) is 10.7. The maximum Gasteiger partial charge on any atom is 0.0372 e. The van der Waals surface area contributed by atoms with E-state index in [0.717, 1.165) is 18.8 Å². The lowest BCUT2D eigenvalue weighted by atomic mass is 10.2. The fourth-order valence-electron chi connectivity index (χ4n) is 1.38. The van der Waals surface area contributed by atoms with E-state index in [1.54, 1.807) is 0 Å². The number of rotatable bonds is 6. The quantitative estimate of drug-likeness (QED) is 0.770. The third-order valence-corrected chi connectivity index (χ3v) is 2.46. The minimum absolute atomic E-state index is 0.476. The lowest BCUT2D eigenvalue weighted by Gasteiger charge is -2.16. The molecule has 0 saturated carbocycles. The topological polar surface area (TPSA) is 37.0 Å². The van der Waals surface area contributed by atoms with Crippen molar-refractivity contribution in [3.05, 3.63) is 29.6 Å². The summed E-state index contributed by atoms with van der Waals surface area (Å²) in [4.78, 5) is 4.28. The number of aryl methyl sites for hydroxylation is 1. The number of nitrogens with one attached hydrogen (secondary N) is 2. The van der Waals surface area contributed by atoms with Gasteiger partial charge in [-0.15, -0.1) is 0 Å². The molecular weight excluding hydrogens is 198 g/mol. The maximum absolute atomic E-state index is 4.28. The third-order valence-electron chi connectivity index (χ3n) is 2.46. The van der Waals surface area contributed by atoms with Crippen LogP contribution in [-0.4, -0.2) is 23.6 Å². The van der Waals surface area contributed by atoms with Crippen LogP contribution in [0.3, 0.4) is 0 Å². The Bertz CT molecular complexity index is 293. The monoisotopic (exact) mass is 221 g/mol. The molecule has 2 N–H and O–H groups in total. The Morgan fingerprint density at radius 3 is 2.50 bits per heavy atom. The van der Waals surface area contributed by atoms with Crippen LogP contribution in [0.5, 0.6) is 0 Å². The Morgan fingerprint density at radius 2 is 1.94 bits per heavy atom. The molecule has 0 fully saturated rings. The van der Waals surface area contributed by atoms with Crippen molar-refractivity contribution in [3.63, 3.8) is 0 Å². The molecule has 0 aliphatic heterocycles. The molecule has 0 spiro atoms. The molecule has 1 aromatic heterocycles. The van der Waals surface area contributed by atoms with E-state index in [4.69, 9.17) is 0 Å². The van der Waals surface area contributed by atoms with Crippen LogP contribution in [0.15, 0.2) is 18.3 Å². The van der Waals surface area contributed by atoms with Gasteiger partial charge in [0, 0.05) is 37.1 Å². The van der Waals surface area contributed by atoms with Crippen LogP contribution in [0.4, 0.5) is 0 Å². The van der Waals surface area contributed by atoms with Crippen molar-refractivity contribution in [1.29, 1.82) is 0 Å². The Labute approximate surface area is 98.7 Å². The first kappa shape index (κ1) is 13.1. The fourth-order valence-corrected chi connectivity index (χ4v) is 1.38. The maximum atomic E-state index is 4.28. The summed E-state index contributed by atoms with van der Waals surface area (Å²) in [7, 11) is 0. The van der Waals surface area contributed by atoms with Crippen LogP contribution in [0.1, 0.15) is 32.0 Å². The summed E-state index contributed by atoms with van der Waals surface area (Å²) in [5.74, 6) is 0. The number of hydrogen-bond donors (Lipinski definition) is 2. The minimum Gasteiger partial charge on any atom is -0.313 e. The lowest BCUT2D eigenvalue weighted by molar-refractivity contribution is 0.473. The highest BCUT2D eigenvalue weighted by Gasteiger charge is 2.02. The molecule has 16 heavy (non-hydrogen) atoms. The summed E-state index contributed by atoms with van der Waals surface area (Å²) in [6, 6.07) is 5.19. The van der Waals surface area contributed by atoms with E-state index in [1.165, 1.54) is 5.56 Å². The van der Waals surface area contributed by atoms with Crippen molar-refractivity contribution >= 4 is 0 Å². The molecule has 3 nitrogen and oxygen atoms in total. The van der Waals surface area contributed by atoms with Gasteiger partial charge in [0.05, 0.1) is 0 Å². The zero-order chi connectivity index (χ0) is 12.0. The van der Waals surface area contributed by atoms with Gasteiger partial charge in [-0.25, -0.2) is 0 Å². The largest absolute Gasteiger partial charge is 0.313 e. The van der Waals surface area contributed by atoms with Gasteiger partial charge in [0.15, 0.2) is 0 Å². The summed E-state index contributed by atoms with van der Waals surface area (Å²) < 4.78 is 0. The van der Waals surface area contributed by atoms with E-state index >= 15 is 0 Å². The van der Waals surface area contributed by atoms with Crippen LogP contribution < -0.4 is 10.6 Å². The van der Waals surface area contributed by atoms with E-state index < -0.39 is 0 Å². The van der Waals surface area contributed by atoms with Gasteiger partial charge in [-0.05, 0) is 25.5 Å². The van der Waals surface area contributed by atoms with E-state index in [0.29, 0.717) is 12.1 Å². The molecule has 0 amide bonds. The molecule has 3 heteroatoms. The predicted octanol–water partition coefficient (Wildman–Crippen LogP) is 1.87. The minimum atomic E-state index is 0.476. The van der Waals surface area contributed by atoms with Crippen molar-refractivity contribution < 1.29 is 0 Å². The van der Waals surface area contributed by atoms with E-state index in [9.17, 15) is 0 Å². The number of nitrogens with zero attached hydrogens (tertiary/aromatic N) is 1. The SMILES string of the molecule is Cc1ccc(CNC(C)CNC(C)C)cn1. The van der Waals surface area contributed by atoms with Gasteiger partial charge in [-0.3, -0.25) is 4.98 Å². The van der Waals surface area contributed by atoms with E-state index in [-0.39, 0.29) is 0 Å².